The number of hydrogen-bond donors (Lipinski definition) is 0. The molecule has 2 nitrogen and oxygen atoms in total. The van der Waals surface area contributed by atoms with Gasteiger partial charge in [-0.15, -0.1) is 0 Å². The summed E-state index contributed by atoms with van der Waals surface area (Å²) in [5.74, 6) is 0. The third kappa shape index (κ3) is 4.16. The third-order valence-electron chi connectivity index (χ3n) is 4.77. The first-order valence-corrected chi connectivity index (χ1v) is 10.6. The molecular weight excluding hydrogens is 396 g/mol. The fraction of sp³-hybridized carbons (Fsp3) is 0.0800. The van der Waals surface area contributed by atoms with Crippen LogP contribution in [0.5, 0.6) is 0 Å². The highest BCUT2D eigenvalue weighted by Crippen LogP contribution is 2.42. The first kappa shape index (κ1) is 19.6. The van der Waals surface area contributed by atoms with Crippen LogP contribution < -0.4 is 4.90 Å². The van der Waals surface area contributed by atoms with Crippen molar-refractivity contribution in [3.63, 3.8) is 0 Å². The molecule has 0 saturated heterocycles. The van der Waals surface area contributed by atoms with E-state index in [9.17, 15) is 0 Å². The summed E-state index contributed by atoms with van der Waals surface area (Å²) >= 11 is 8.42. The maximum atomic E-state index is 6.75. The van der Waals surface area contributed by atoms with Crippen LogP contribution in [-0.4, -0.2) is 12.1 Å². The smallest absolute Gasteiger partial charge is 0.114 e. The molecule has 29 heavy (non-hydrogen) atoms. The number of fused-ring (bicyclic) bond motifs is 1. The molecule has 0 aliphatic carbocycles. The standard InChI is InChI=1S/C25H21ClN2S/c1-18-10-6-9-15-23(18)29-25(27-2)17-19-16-24(26)28(20-11-4-3-5-12-20)22-14-8-7-13-21(19)22/h3-17H,1-2H3/b19-17+,27-25?. The van der Waals surface area contributed by atoms with Gasteiger partial charge in [-0.3, -0.25) is 4.99 Å². The van der Waals surface area contributed by atoms with Crippen LogP contribution in [0.4, 0.5) is 11.4 Å². The SMILES string of the molecule is CN=C(/C=C1\C=C(Cl)N(c2ccccc2)c2ccccc21)Sc1ccccc1C. The lowest BCUT2D eigenvalue weighted by Gasteiger charge is -2.30. The predicted octanol–water partition coefficient (Wildman–Crippen LogP) is 7.43. The number of thioether (sulfide) groups is 1. The summed E-state index contributed by atoms with van der Waals surface area (Å²) in [6.07, 6.45) is 4.13. The average molecular weight is 417 g/mol. The molecule has 0 atom stereocenters. The average Bonchev–Trinajstić information content (AvgIpc) is 2.75. The Morgan fingerprint density at radius 2 is 1.62 bits per heavy atom. The Labute approximate surface area is 181 Å². The molecule has 0 fully saturated rings. The second kappa shape index (κ2) is 8.73. The number of benzene rings is 3. The highest BCUT2D eigenvalue weighted by atomic mass is 35.5. The summed E-state index contributed by atoms with van der Waals surface area (Å²) in [6.45, 7) is 2.12. The van der Waals surface area contributed by atoms with Crippen molar-refractivity contribution in [2.24, 2.45) is 4.99 Å². The Balaban J connectivity index is 1.75. The molecule has 0 N–H and O–H groups in total. The van der Waals surface area contributed by atoms with Gasteiger partial charge in [0.1, 0.15) is 5.16 Å². The third-order valence-corrected chi connectivity index (χ3v) is 6.23. The molecule has 3 aromatic rings. The molecule has 1 heterocycles. The van der Waals surface area contributed by atoms with Gasteiger partial charge in [-0.2, -0.15) is 0 Å². The molecule has 4 heteroatoms. The Bertz CT molecular complexity index is 1120. The van der Waals surface area contributed by atoms with E-state index in [1.165, 1.54) is 10.5 Å². The molecule has 0 bridgehead atoms. The molecule has 3 aromatic carbocycles. The summed E-state index contributed by atoms with van der Waals surface area (Å²) in [5, 5.41) is 1.61. The summed E-state index contributed by atoms with van der Waals surface area (Å²) in [6, 6.07) is 26.9. The minimum atomic E-state index is 0.664. The summed E-state index contributed by atoms with van der Waals surface area (Å²) in [5.41, 5.74) is 5.53. The number of halogens is 1. The molecule has 1 aliphatic rings. The van der Waals surface area contributed by atoms with Crippen molar-refractivity contribution >= 4 is 45.4 Å². The van der Waals surface area contributed by atoms with Crippen molar-refractivity contribution in [2.45, 2.75) is 11.8 Å². The lowest BCUT2D eigenvalue weighted by molar-refractivity contribution is 1.23. The maximum absolute atomic E-state index is 6.75. The van der Waals surface area contributed by atoms with E-state index in [1.54, 1.807) is 11.8 Å². The molecule has 1 aliphatic heterocycles. The van der Waals surface area contributed by atoms with Crippen molar-refractivity contribution in [1.29, 1.82) is 0 Å². The fourth-order valence-electron chi connectivity index (χ4n) is 3.31. The van der Waals surface area contributed by atoms with Crippen LogP contribution in [0.1, 0.15) is 11.1 Å². The number of aryl methyl sites for hydroxylation is 1. The lowest BCUT2D eigenvalue weighted by Crippen LogP contribution is -2.18. The van der Waals surface area contributed by atoms with Crippen LogP contribution in [0.2, 0.25) is 0 Å². The summed E-state index contributed by atoms with van der Waals surface area (Å²) in [7, 11) is 1.83. The van der Waals surface area contributed by atoms with E-state index < -0.39 is 0 Å². The minimum absolute atomic E-state index is 0.664. The van der Waals surface area contributed by atoms with Crippen LogP contribution in [-0.2, 0) is 0 Å². The van der Waals surface area contributed by atoms with Crippen LogP contribution in [0, 0.1) is 6.92 Å². The van der Waals surface area contributed by atoms with Crippen molar-refractivity contribution in [2.75, 3.05) is 11.9 Å². The van der Waals surface area contributed by atoms with Gasteiger partial charge in [-0.25, -0.2) is 0 Å². The van der Waals surface area contributed by atoms with Crippen LogP contribution >= 0.6 is 23.4 Å². The number of nitrogens with zero attached hydrogens (tertiary/aromatic N) is 2. The van der Waals surface area contributed by atoms with E-state index >= 15 is 0 Å². The van der Waals surface area contributed by atoms with Gasteiger partial charge < -0.3 is 4.90 Å². The van der Waals surface area contributed by atoms with E-state index in [0.29, 0.717) is 5.16 Å². The van der Waals surface area contributed by atoms with Gasteiger partial charge in [0.15, 0.2) is 0 Å². The van der Waals surface area contributed by atoms with E-state index in [-0.39, 0.29) is 0 Å². The molecule has 0 unspecified atom stereocenters. The first-order valence-electron chi connectivity index (χ1n) is 9.41. The molecule has 4 rings (SSSR count). The van der Waals surface area contributed by atoms with E-state index in [4.69, 9.17) is 11.6 Å². The Morgan fingerprint density at radius 1 is 0.931 bits per heavy atom. The van der Waals surface area contributed by atoms with Gasteiger partial charge >= 0.3 is 0 Å². The molecule has 0 radical (unpaired) electrons. The zero-order chi connectivity index (χ0) is 20.2. The number of hydrogen-bond acceptors (Lipinski definition) is 3. The Morgan fingerprint density at radius 3 is 2.38 bits per heavy atom. The number of allylic oxidation sites excluding steroid dienone is 2. The zero-order valence-electron chi connectivity index (χ0n) is 16.3. The lowest BCUT2D eigenvalue weighted by atomic mass is 9.99. The second-order valence-electron chi connectivity index (χ2n) is 6.68. The number of anilines is 2. The van der Waals surface area contributed by atoms with Crippen molar-refractivity contribution in [3.05, 3.63) is 107 Å². The van der Waals surface area contributed by atoms with Crippen LogP contribution in [0.25, 0.3) is 5.57 Å². The van der Waals surface area contributed by atoms with E-state index in [2.05, 4.69) is 77.5 Å². The minimum Gasteiger partial charge on any atom is -0.300 e. The normalized spacial score (nSPS) is 15.3. The second-order valence-corrected chi connectivity index (χ2v) is 8.13. The van der Waals surface area contributed by atoms with Gasteiger partial charge in [0, 0.05) is 23.2 Å². The van der Waals surface area contributed by atoms with Crippen LogP contribution in [0.15, 0.2) is 106 Å². The van der Waals surface area contributed by atoms with Crippen molar-refractivity contribution in [3.8, 4) is 0 Å². The first-order chi connectivity index (χ1) is 14.2. The largest absolute Gasteiger partial charge is 0.300 e. The quantitative estimate of drug-likeness (QED) is 0.191. The summed E-state index contributed by atoms with van der Waals surface area (Å²) in [4.78, 5) is 7.79. The molecule has 0 amide bonds. The molecule has 144 valence electrons. The van der Waals surface area contributed by atoms with Gasteiger partial charge in [0.05, 0.1) is 10.7 Å². The highest BCUT2D eigenvalue weighted by Gasteiger charge is 2.23. The topological polar surface area (TPSA) is 15.6 Å². The predicted molar refractivity (Wildman–Crippen MR) is 127 cm³/mol. The number of aliphatic imine (C=N–C) groups is 1. The van der Waals surface area contributed by atoms with Gasteiger partial charge in [0.2, 0.25) is 0 Å². The van der Waals surface area contributed by atoms with Crippen molar-refractivity contribution < 1.29 is 0 Å². The van der Waals surface area contributed by atoms with Crippen molar-refractivity contribution in [1.82, 2.24) is 0 Å². The van der Waals surface area contributed by atoms with Gasteiger partial charge in [-0.1, -0.05) is 78.0 Å². The molecule has 0 saturated carbocycles. The van der Waals surface area contributed by atoms with Gasteiger partial charge in [0.25, 0.3) is 0 Å². The Hall–Kier alpha value is -2.75. The zero-order valence-corrected chi connectivity index (χ0v) is 17.9. The molecular formula is C25H21ClN2S. The monoisotopic (exact) mass is 416 g/mol. The fourth-order valence-corrected chi connectivity index (χ4v) is 4.50. The van der Waals surface area contributed by atoms with E-state index in [1.807, 2.05) is 37.4 Å². The Kier molecular flexibility index (Phi) is 5.89. The van der Waals surface area contributed by atoms with Gasteiger partial charge in [-0.05, 0) is 54.5 Å². The summed E-state index contributed by atoms with van der Waals surface area (Å²) < 4.78 is 0. The van der Waals surface area contributed by atoms with Crippen LogP contribution in [0.3, 0.4) is 0 Å². The number of para-hydroxylation sites is 2. The highest BCUT2D eigenvalue weighted by molar-refractivity contribution is 8.14. The molecule has 0 spiro atoms. The molecule has 0 aromatic heterocycles. The maximum Gasteiger partial charge on any atom is 0.114 e. The number of rotatable bonds is 3. The van der Waals surface area contributed by atoms with E-state index in [0.717, 1.165) is 27.6 Å².